The normalized spacial score (nSPS) is 20.4. The number of amides is 4. The monoisotopic (exact) mass is 836 g/mol. The topological polar surface area (TPSA) is 153 Å². The third-order valence-corrected chi connectivity index (χ3v) is 12.3. The van der Waals surface area contributed by atoms with Gasteiger partial charge in [0.2, 0.25) is 17.7 Å². The Kier molecular flexibility index (Phi) is 10.9. The van der Waals surface area contributed by atoms with E-state index in [9.17, 15) is 37.5 Å². The minimum atomic E-state index is -4.71. The second-order valence-corrected chi connectivity index (χ2v) is 16.7. The molecule has 0 saturated carbocycles. The van der Waals surface area contributed by atoms with E-state index in [1.165, 1.54) is 18.2 Å². The second-order valence-electron chi connectivity index (χ2n) is 16.7. The standard InChI is InChI=1S/C42H45F5N8O5/c1-41(2,60)29-19-33-23(16-34(29)49-39(58)32-4-3-5-35(48-32)42(45,46)47)22-55(51-33)26-10-12-52(13-11-26)25-8-14-53(15-9-25)40(59)24-20-54(21-24)27-17-30(43)37(31(44)18-27)28-6-7-36(56)50-38(28)57/h3-5,16-19,22,24-26,28,60H,6-15,20-21H2,1-2H3,(H,49,58)(H,50,56,57). The van der Waals surface area contributed by atoms with Gasteiger partial charge in [-0.1, -0.05) is 6.07 Å². The molecule has 18 heteroatoms. The number of nitrogens with zero attached hydrogens (tertiary/aromatic N) is 6. The van der Waals surface area contributed by atoms with Gasteiger partial charge in [-0.2, -0.15) is 18.3 Å². The fourth-order valence-electron chi connectivity index (χ4n) is 8.92. The first-order valence-electron chi connectivity index (χ1n) is 20.1. The number of imide groups is 1. The molecular formula is C42H45F5N8O5. The van der Waals surface area contributed by atoms with Crippen molar-refractivity contribution in [3.8, 4) is 0 Å². The highest BCUT2D eigenvalue weighted by molar-refractivity contribution is 6.04. The Balaban J connectivity index is 0.835. The molecule has 8 rings (SSSR count). The van der Waals surface area contributed by atoms with Crippen molar-refractivity contribution < 1.29 is 46.2 Å². The first kappa shape index (κ1) is 41.3. The van der Waals surface area contributed by atoms with E-state index in [0.29, 0.717) is 54.4 Å². The van der Waals surface area contributed by atoms with Crippen molar-refractivity contribution in [3.05, 3.63) is 82.8 Å². The lowest BCUT2D eigenvalue weighted by Crippen LogP contribution is -2.57. The average Bonchev–Trinajstić information content (AvgIpc) is 3.60. The lowest BCUT2D eigenvalue weighted by Gasteiger charge is -2.45. The number of aliphatic hydroxyl groups is 1. The van der Waals surface area contributed by atoms with Crippen molar-refractivity contribution in [2.75, 3.05) is 49.5 Å². The Bertz CT molecular complexity index is 2320. The summed E-state index contributed by atoms with van der Waals surface area (Å²) in [5, 5.41) is 21.2. The Morgan fingerprint density at radius 2 is 1.57 bits per heavy atom. The van der Waals surface area contributed by atoms with E-state index in [1.807, 2.05) is 15.8 Å². The Morgan fingerprint density at radius 3 is 2.20 bits per heavy atom. The van der Waals surface area contributed by atoms with E-state index in [0.717, 1.165) is 50.9 Å². The molecule has 0 radical (unpaired) electrons. The number of hydrogen-bond donors (Lipinski definition) is 3. The summed E-state index contributed by atoms with van der Waals surface area (Å²) in [5.41, 5.74) is -1.88. The van der Waals surface area contributed by atoms with Gasteiger partial charge in [0.15, 0.2) is 0 Å². The maximum atomic E-state index is 15.1. The number of fused-ring (bicyclic) bond motifs is 1. The maximum absolute atomic E-state index is 15.1. The molecule has 2 aromatic heterocycles. The lowest BCUT2D eigenvalue weighted by atomic mass is 9.89. The minimum Gasteiger partial charge on any atom is -0.386 e. The number of likely N-dealkylation sites (tertiary alicyclic amines) is 2. The van der Waals surface area contributed by atoms with Gasteiger partial charge in [0.25, 0.3) is 5.91 Å². The number of pyridine rings is 1. The molecule has 2 aromatic carbocycles. The molecule has 0 bridgehead atoms. The number of alkyl halides is 3. The van der Waals surface area contributed by atoms with Gasteiger partial charge >= 0.3 is 6.18 Å². The zero-order valence-electron chi connectivity index (χ0n) is 33.1. The Hall–Kier alpha value is -5.49. The highest BCUT2D eigenvalue weighted by Crippen LogP contribution is 2.37. The van der Waals surface area contributed by atoms with Crippen molar-refractivity contribution >= 4 is 45.9 Å². The fraction of sp³-hybridized carbons (Fsp3) is 0.476. The van der Waals surface area contributed by atoms with Crippen LogP contribution >= 0.6 is 0 Å². The van der Waals surface area contributed by atoms with Crippen molar-refractivity contribution in [1.82, 2.24) is 29.9 Å². The number of halogens is 5. The number of anilines is 2. The van der Waals surface area contributed by atoms with Gasteiger partial charge in [-0.3, -0.25) is 29.2 Å². The number of carbonyl (C=O) groups is 4. The molecule has 1 unspecified atom stereocenters. The van der Waals surface area contributed by atoms with Gasteiger partial charge in [-0.05, 0) is 82.3 Å². The number of hydrogen-bond acceptors (Lipinski definition) is 9. The van der Waals surface area contributed by atoms with Gasteiger partial charge < -0.3 is 25.1 Å². The van der Waals surface area contributed by atoms with Crippen LogP contribution in [0.3, 0.4) is 0 Å². The summed E-state index contributed by atoms with van der Waals surface area (Å²) >= 11 is 0. The summed E-state index contributed by atoms with van der Waals surface area (Å²) in [6.45, 7) is 6.63. The smallest absolute Gasteiger partial charge is 0.386 e. The van der Waals surface area contributed by atoms with Gasteiger partial charge in [0.05, 0.1) is 29.0 Å². The zero-order valence-corrected chi connectivity index (χ0v) is 33.1. The van der Waals surface area contributed by atoms with Crippen LogP contribution < -0.4 is 15.5 Å². The first-order chi connectivity index (χ1) is 28.4. The third-order valence-electron chi connectivity index (χ3n) is 12.3. The molecule has 4 aromatic rings. The molecule has 4 aliphatic rings. The first-order valence-corrected chi connectivity index (χ1v) is 20.1. The van der Waals surface area contributed by atoms with Crippen molar-refractivity contribution in [2.45, 2.75) is 82.2 Å². The van der Waals surface area contributed by atoms with E-state index < -0.39 is 58.4 Å². The number of nitrogens with one attached hydrogen (secondary N) is 2. The number of piperidine rings is 3. The predicted octanol–water partition coefficient (Wildman–Crippen LogP) is 5.49. The summed E-state index contributed by atoms with van der Waals surface area (Å²) < 4.78 is 71.8. The third kappa shape index (κ3) is 8.31. The summed E-state index contributed by atoms with van der Waals surface area (Å²) in [7, 11) is 0. The lowest BCUT2D eigenvalue weighted by molar-refractivity contribution is -0.141. The molecule has 60 heavy (non-hydrogen) atoms. The van der Waals surface area contributed by atoms with E-state index in [2.05, 4.69) is 20.5 Å². The van der Waals surface area contributed by atoms with Crippen molar-refractivity contribution in [1.29, 1.82) is 0 Å². The van der Waals surface area contributed by atoms with Gasteiger partial charge in [0, 0.05) is 85.8 Å². The van der Waals surface area contributed by atoms with Crippen LogP contribution in [0.5, 0.6) is 0 Å². The van der Waals surface area contributed by atoms with E-state index in [-0.39, 0.29) is 42.0 Å². The molecule has 0 spiro atoms. The van der Waals surface area contributed by atoms with E-state index in [4.69, 9.17) is 5.10 Å². The number of rotatable bonds is 8. The SMILES string of the molecule is CC(C)(O)c1cc2nn(C3CCN(C4CCN(C(=O)C5CN(c6cc(F)c(C7CCC(=O)NC7=O)c(F)c6)C5)CC4)CC3)cc2cc1NC(=O)c1cccc(C(F)(F)F)n1. The number of aromatic nitrogens is 3. The fourth-order valence-corrected chi connectivity index (χ4v) is 8.92. The molecule has 4 aliphatic heterocycles. The van der Waals surface area contributed by atoms with Crippen LogP contribution in [0.25, 0.3) is 10.9 Å². The molecule has 4 saturated heterocycles. The Labute approximate surface area is 341 Å². The van der Waals surface area contributed by atoms with Crippen molar-refractivity contribution in [3.63, 3.8) is 0 Å². The Morgan fingerprint density at radius 1 is 0.900 bits per heavy atom. The molecule has 4 amide bonds. The van der Waals surface area contributed by atoms with Crippen LogP contribution in [-0.2, 0) is 26.2 Å². The van der Waals surface area contributed by atoms with Gasteiger partial charge in [0.1, 0.15) is 23.0 Å². The highest BCUT2D eigenvalue weighted by atomic mass is 19.4. The van der Waals surface area contributed by atoms with E-state index in [1.54, 1.807) is 30.9 Å². The largest absolute Gasteiger partial charge is 0.433 e. The molecule has 3 N–H and O–H groups in total. The predicted molar refractivity (Wildman–Crippen MR) is 209 cm³/mol. The summed E-state index contributed by atoms with van der Waals surface area (Å²) in [6, 6.07) is 9.20. The van der Waals surface area contributed by atoms with Crippen LogP contribution in [0.4, 0.5) is 33.3 Å². The van der Waals surface area contributed by atoms with E-state index >= 15 is 8.78 Å². The molecule has 4 fully saturated rings. The van der Waals surface area contributed by atoms with Crippen LogP contribution in [0.1, 0.15) is 91.6 Å². The summed E-state index contributed by atoms with van der Waals surface area (Å²) in [6.07, 6.45) is 0.489. The van der Waals surface area contributed by atoms with Crippen LogP contribution in [0, 0.1) is 17.6 Å². The number of carbonyl (C=O) groups excluding carboxylic acids is 4. The number of benzene rings is 2. The summed E-state index contributed by atoms with van der Waals surface area (Å²) in [4.78, 5) is 59.7. The van der Waals surface area contributed by atoms with Crippen LogP contribution in [0.2, 0.25) is 0 Å². The molecule has 13 nitrogen and oxygen atoms in total. The minimum absolute atomic E-state index is 0.00802. The summed E-state index contributed by atoms with van der Waals surface area (Å²) in [5.74, 6) is -5.07. The molecule has 318 valence electrons. The molecule has 0 aliphatic carbocycles. The quantitative estimate of drug-likeness (QED) is 0.155. The molecule has 1 atom stereocenters. The maximum Gasteiger partial charge on any atom is 0.433 e. The second kappa shape index (κ2) is 15.8. The molecular weight excluding hydrogens is 792 g/mol. The van der Waals surface area contributed by atoms with Crippen molar-refractivity contribution in [2.24, 2.45) is 5.92 Å². The van der Waals surface area contributed by atoms with Gasteiger partial charge in [-0.15, -0.1) is 0 Å². The van der Waals surface area contributed by atoms with Crippen LogP contribution in [-0.4, -0.2) is 98.6 Å². The highest BCUT2D eigenvalue weighted by Gasteiger charge is 2.40. The average molecular weight is 837 g/mol. The molecule has 6 heterocycles. The van der Waals surface area contributed by atoms with Crippen LogP contribution in [0.15, 0.2) is 48.7 Å². The zero-order chi connectivity index (χ0) is 42.7. The van der Waals surface area contributed by atoms with Gasteiger partial charge in [-0.25, -0.2) is 13.8 Å².